The second kappa shape index (κ2) is 7.92. The standard InChI is InChI=1S/C16H28N2O2S/c1-6-14(7-2)11-18-21(19,20)16-9-15(10-17-5)8-12(3)13(16)4/h8-9,14,17-18H,6-7,10-11H2,1-5H3. The Balaban J connectivity index is 3.06. The first kappa shape index (κ1) is 18.1. The summed E-state index contributed by atoms with van der Waals surface area (Å²) in [6.45, 7) is 9.16. The average molecular weight is 312 g/mol. The number of hydrogen-bond donors (Lipinski definition) is 2. The van der Waals surface area contributed by atoms with E-state index in [1.807, 2.05) is 27.0 Å². The molecule has 0 aliphatic rings. The fourth-order valence-electron chi connectivity index (χ4n) is 2.37. The van der Waals surface area contributed by atoms with Gasteiger partial charge in [-0.1, -0.05) is 32.8 Å². The van der Waals surface area contributed by atoms with Crippen molar-refractivity contribution < 1.29 is 8.42 Å². The molecule has 5 heteroatoms. The van der Waals surface area contributed by atoms with Crippen molar-refractivity contribution in [3.63, 3.8) is 0 Å². The summed E-state index contributed by atoms with van der Waals surface area (Å²) in [5.41, 5.74) is 2.82. The maximum atomic E-state index is 12.6. The van der Waals surface area contributed by atoms with Gasteiger partial charge in [0.15, 0.2) is 0 Å². The van der Waals surface area contributed by atoms with Crippen LogP contribution in [0.3, 0.4) is 0 Å². The Morgan fingerprint density at radius 2 is 1.76 bits per heavy atom. The smallest absolute Gasteiger partial charge is 0.240 e. The van der Waals surface area contributed by atoms with Gasteiger partial charge in [-0.25, -0.2) is 13.1 Å². The molecule has 2 N–H and O–H groups in total. The van der Waals surface area contributed by atoms with Crippen LogP contribution in [0.25, 0.3) is 0 Å². The quantitative estimate of drug-likeness (QED) is 0.776. The van der Waals surface area contributed by atoms with Crippen LogP contribution in [0.1, 0.15) is 43.4 Å². The summed E-state index contributed by atoms with van der Waals surface area (Å²) in [5, 5.41) is 3.06. The minimum Gasteiger partial charge on any atom is -0.316 e. The molecule has 1 aromatic rings. The first-order valence-corrected chi connectivity index (χ1v) is 9.08. The highest BCUT2D eigenvalue weighted by molar-refractivity contribution is 7.89. The Hall–Kier alpha value is -0.910. The number of sulfonamides is 1. The van der Waals surface area contributed by atoms with Crippen molar-refractivity contribution in [2.24, 2.45) is 5.92 Å². The van der Waals surface area contributed by atoms with Crippen LogP contribution in [-0.4, -0.2) is 22.0 Å². The van der Waals surface area contributed by atoms with Gasteiger partial charge in [0.1, 0.15) is 0 Å². The lowest BCUT2D eigenvalue weighted by Gasteiger charge is -2.16. The van der Waals surface area contributed by atoms with E-state index in [0.29, 0.717) is 23.9 Å². The van der Waals surface area contributed by atoms with Gasteiger partial charge in [-0.2, -0.15) is 0 Å². The highest BCUT2D eigenvalue weighted by Gasteiger charge is 2.19. The van der Waals surface area contributed by atoms with E-state index in [2.05, 4.69) is 23.9 Å². The molecule has 0 spiro atoms. The van der Waals surface area contributed by atoms with Gasteiger partial charge in [0, 0.05) is 13.1 Å². The molecule has 0 fully saturated rings. The second-order valence-corrected chi connectivity index (χ2v) is 7.34. The van der Waals surface area contributed by atoms with Gasteiger partial charge in [-0.3, -0.25) is 0 Å². The summed E-state index contributed by atoms with van der Waals surface area (Å²) < 4.78 is 27.9. The largest absolute Gasteiger partial charge is 0.316 e. The van der Waals surface area contributed by atoms with Crippen LogP contribution >= 0.6 is 0 Å². The van der Waals surface area contributed by atoms with Gasteiger partial charge in [0.25, 0.3) is 0 Å². The number of hydrogen-bond acceptors (Lipinski definition) is 3. The minimum absolute atomic E-state index is 0.390. The fraction of sp³-hybridized carbons (Fsp3) is 0.625. The lowest BCUT2D eigenvalue weighted by molar-refractivity contribution is 0.478. The Morgan fingerprint density at radius 1 is 1.14 bits per heavy atom. The molecule has 0 heterocycles. The lowest BCUT2D eigenvalue weighted by Crippen LogP contribution is -2.30. The summed E-state index contributed by atoms with van der Waals surface area (Å²) >= 11 is 0. The minimum atomic E-state index is -3.45. The Labute approximate surface area is 129 Å². The lowest BCUT2D eigenvalue weighted by atomic mass is 10.0. The number of aryl methyl sites for hydroxylation is 1. The number of nitrogens with one attached hydrogen (secondary N) is 2. The van der Waals surface area contributed by atoms with Crippen molar-refractivity contribution >= 4 is 10.0 Å². The van der Waals surface area contributed by atoms with Crippen LogP contribution in [0.2, 0.25) is 0 Å². The summed E-state index contributed by atoms with van der Waals surface area (Å²) in [4.78, 5) is 0.402. The van der Waals surface area contributed by atoms with E-state index < -0.39 is 10.0 Å². The van der Waals surface area contributed by atoms with E-state index in [-0.39, 0.29) is 0 Å². The Bertz CT molecular complexity index is 564. The van der Waals surface area contributed by atoms with Crippen molar-refractivity contribution in [1.29, 1.82) is 0 Å². The molecule has 0 saturated carbocycles. The van der Waals surface area contributed by atoms with Gasteiger partial charge >= 0.3 is 0 Å². The average Bonchev–Trinajstić information content (AvgIpc) is 2.43. The Kier molecular flexibility index (Phi) is 6.84. The topological polar surface area (TPSA) is 58.2 Å². The normalized spacial score (nSPS) is 12.1. The van der Waals surface area contributed by atoms with Gasteiger partial charge in [0.05, 0.1) is 4.90 Å². The third-order valence-electron chi connectivity index (χ3n) is 4.07. The fourth-order valence-corrected chi connectivity index (χ4v) is 3.85. The van der Waals surface area contributed by atoms with Crippen molar-refractivity contribution in [2.75, 3.05) is 13.6 Å². The van der Waals surface area contributed by atoms with Crippen LogP contribution in [0.5, 0.6) is 0 Å². The molecule has 1 aromatic carbocycles. The second-order valence-electron chi connectivity index (χ2n) is 5.60. The molecule has 120 valence electrons. The molecular formula is C16H28N2O2S. The molecule has 0 radical (unpaired) electrons. The SMILES string of the molecule is CCC(CC)CNS(=O)(=O)c1cc(CNC)cc(C)c1C. The molecular weight excluding hydrogens is 284 g/mol. The number of rotatable bonds is 8. The monoisotopic (exact) mass is 312 g/mol. The third kappa shape index (κ3) is 4.80. The molecule has 0 aliphatic heterocycles. The Morgan fingerprint density at radius 3 is 2.29 bits per heavy atom. The van der Waals surface area contributed by atoms with E-state index in [1.54, 1.807) is 6.07 Å². The van der Waals surface area contributed by atoms with E-state index in [0.717, 1.165) is 29.5 Å². The highest BCUT2D eigenvalue weighted by Crippen LogP contribution is 2.21. The van der Waals surface area contributed by atoms with Gasteiger partial charge in [-0.05, 0) is 49.6 Å². The molecule has 0 atom stereocenters. The highest BCUT2D eigenvalue weighted by atomic mass is 32.2. The maximum Gasteiger partial charge on any atom is 0.240 e. The molecule has 0 unspecified atom stereocenters. The first-order chi connectivity index (χ1) is 9.85. The van der Waals surface area contributed by atoms with Crippen molar-refractivity contribution in [3.8, 4) is 0 Å². The predicted octanol–water partition coefficient (Wildman–Crippen LogP) is 2.74. The summed E-state index contributed by atoms with van der Waals surface area (Å²) in [7, 11) is -1.59. The van der Waals surface area contributed by atoms with Gasteiger partial charge < -0.3 is 5.32 Å². The zero-order valence-corrected chi connectivity index (χ0v) is 14.6. The van der Waals surface area contributed by atoms with Gasteiger partial charge in [0.2, 0.25) is 10.0 Å². The van der Waals surface area contributed by atoms with Crippen molar-refractivity contribution in [3.05, 3.63) is 28.8 Å². The molecule has 4 nitrogen and oxygen atoms in total. The summed E-state index contributed by atoms with van der Waals surface area (Å²) in [5.74, 6) is 0.390. The van der Waals surface area contributed by atoms with Crippen molar-refractivity contribution in [2.45, 2.75) is 52.0 Å². The van der Waals surface area contributed by atoms with E-state index >= 15 is 0 Å². The van der Waals surface area contributed by atoms with Gasteiger partial charge in [-0.15, -0.1) is 0 Å². The van der Waals surface area contributed by atoms with Crippen LogP contribution in [0, 0.1) is 19.8 Å². The molecule has 0 aromatic heterocycles. The van der Waals surface area contributed by atoms with Crippen LogP contribution in [0.4, 0.5) is 0 Å². The third-order valence-corrected chi connectivity index (χ3v) is 5.62. The van der Waals surface area contributed by atoms with E-state index in [9.17, 15) is 8.42 Å². The zero-order chi connectivity index (χ0) is 16.0. The maximum absolute atomic E-state index is 12.6. The van der Waals surface area contributed by atoms with E-state index in [4.69, 9.17) is 0 Å². The van der Waals surface area contributed by atoms with Crippen LogP contribution < -0.4 is 10.0 Å². The molecule has 0 amide bonds. The molecule has 21 heavy (non-hydrogen) atoms. The molecule has 0 aliphatic carbocycles. The molecule has 0 saturated heterocycles. The summed E-state index contributed by atoms with van der Waals surface area (Å²) in [6.07, 6.45) is 1.97. The van der Waals surface area contributed by atoms with E-state index in [1.165, 1.54) is 0 Å². The van der Waals surface area contributed by atoms with Crippen LogP contribution in [-0.2, 0) is 16.6 Å². The first-order valence-electron chi connectivity index (χ1n) is 7.60. The number of benzene rings is 1. The molecule has 1 rings (SSSR count). The summed E-state index contributed by atoms with van der Waals surface area (Å²) in [6, 6.07) is 3.81. The van der Waals surface area contributed by atoms with Crippen LogP contribution in [0.15, 0.2) is 17.0 Å². The zero-order valence-electron chi connectivity index (χ0n) is 13.8. The van der Waals surface area contributed by atoms with Crippen molar-refractivity contribution in [1.82, 2.24) is 10.0 Å². The predicted molar refractivity (Wildman–Crippen MR) is 87.9 cm³/mol. The molecule has 0 bridgehead atoms.